The summed E-state index contributed by atoms with van der Waals surface area (Å²) in [6.45, 7) is 7.28. The zero-order valence-corrected chi connectivity index (χ0v) is 11.9. The van der Waals surface area contributed by atoms with Crippen LogP contribution in [0, 0.1) is 0 Å². The molecule has 0 amide bonds. The second-order valence-corrected chi connectivity index (χ2v) is 5.30. The van der Waals surface area contributed by atoms with Crippen LogP contribution in [0.15, 0.2) is 6.20 Å². The average Bonchev–Trinajstić information content (AvgIpc) is 2.60. The molecule has 1 aromatic rings. The van der Waals surface area contributed by atoms with E-state index in [4.69, 9.17) is 11.6 Å². The molecule has 92 valence electrons. The smallest absolute Gasteiger partial charge is 0.0834 e. The Kier molecular flexibility index (Phi) is 5.66. The van der Waals surface area contributed by atoms with Gasteiger partial charge in [0.1, 0.15) is 0 Å². The van der Waals surface area contributed by atoms with Gasteiger partial charge in [-0.15, -0.1) is 0 Å². The lowest BCUT2D eigenvalue weighted by molar-refractivity contribution is 0.468. The van der Waals surface area contributed by atoms with Crippen LogP contribution in [0.25, 0.3) is 0 Å². The topological polar surface area (TPSA) is 29.9 Å². The van der Waals surface area contributed by atoms with Crippen molar-refractivity contribution in [1.29, 1.82) is 0 Å². The molecule has 0 bridgehead atoms. The lowest BCUT2D eigenvalue weighted by Crippen LogP contribution is -2.26. The van der Waals surface area contributed by atoms with Crippen LogP contribution in [-0.4, -0.2) is 28.3 Å². The molecule has 0 aliphatic carbocycles. The van der Waals surface area contributed by atoms with E-state index >= 15 is 0 Å². The SMILES string of the molecule is CCNC(CSC)c1c(Cl)cnn1C(C)C. The number of thioether (sulfide) groups is 1. The van der Waals surface area contributed by atoms with Crippen LogP contribution in [-0.2, 0) is 0 Å². The van der Waals surface area contributed by atoms with Gasteiger partial charge in [-0.25, -0.2) is 0 Å². The summed E-state index contributed by atoms with van der Waals surface area (Å²) in [5.41, 5.74) is 1.10. The molecule has 0 aliphatic heterocycles. The van der Waals surface area contributed by atoms with Gasteiger partial charge in [0.05, 0.1) is 23.0 Å². The van der Waals surface area contributed by atoms with E-state index in [1.807, 2.05) is 16.4 Å². The minimum Gasteiger partial charge on any atom is -0.308 e. The van der Waals surface area contributed by atoms with Crippen LogP contribution in [0.3, 0.4) is 0 Å². The number of nitrogens with one attached hydrogen (secondary N) is 1. The van der Waals surface area contributed by atoms with Crippen LogP contribution >= 0.6 is 23.4 Å². The highest BCUT2D eigenvalue weighted by Crippen LogP contribution is 2.27. The Bertz CT molecular complexity index is 319. The van der Waals surface area contributed by atoms with Gasteiger partial charge in [0.15, 0.2) is 0 Å². The summed E-state index contributed by atoms with van der Waals surface area (Å²) < 4.78 is 2.01. The Labute approximate surface area is 107 Å². The van der Waals surface area contributed by atoms with Crippen molar-refractivity contribution in [2.24, 2.45) is 0 Å². The fourth-order valence-electron chi connectivity index (χ4n) is 1.74. The monoisotopic (exact) mass is 261 g/mol. The molecule has 0 aliphatic rings. The maximum atomic E-state index is 6.22. The van der Waals surface area contributed by atoms with Gasteiger partial charge < -0.3 is 5.32 Å². The lowest BCUT2D eigenvalue weighted by atomic mass is 10.2. The van der Waals surface area contributed by atoms with E-state index in [-0.39, 0.29) is 6.04 Å². The van der Waals surface area contributed by atoms with Gasteiger partial charge in [0.25, 0.3) is 0 Å². The van der Waals surface area contributed by atoms with Crippen molar-refractivity contribution in [1.82, 2.24) is 15.1 Å². The molecule has 0 spiro atoms. The van der Waals surface area contributed by atoms with Crippen molar-refractivity contribution in [3.63, 3.8) is 0 Å². The molecule has 16 heavy (non-hydrogen) atoms. The Morgan fingerprint density at radius 2 is 2.25 bits per heavy atom. The number of nitrogens with zero attached hydrogens (tertiary/aromatic N) is 2. The molecule has 3 nitrogen and oxygen atoms in total. The minimum atomic E-state index is 0.275. The molecule has 1 unspecified atom stereocenters. The highest BCUT2D eigenvalue weighted by atomic mass is 35.5. The summed E-state index contributed by atoms with van der Waals surface area (Å²) >= 11 is 8.04. The maximum Gasteiger partial charge on any atom is 0.0834 e. The third-order valence-electron chi connectivity index (χ3n) is 2.39. The molecule has 1 aromatic heterocycles. The first-order chi connectivity index (χ1) is 7.61. The molecular weight excluding hydrogens is 242 g/mol. The van der Waals surface area contributed by atoms with E-state index in [2.05, 4.69) is 37.4 Å². The molecule has 0 saturated carbocycles. The van der Waals surface area contributed by atoms with Crippen molar-refractivity contribution < 1.29 is 0 Å². The summed E-state index contributed by atoms with van der Waals surface area (Å²) in [4.78, 5) is 0. The van der Waals surface area contributed by atoms with Gasteiger partial charge in [-0.2, -0.15) is 16.9 Å². The third kappa shape index (κ3) is 3.15. The highest BCUT2D eigenvalue weighted by Gasteiger charge is 2.20. The lowest BCUT2D eigenvalue weighted by Gasteiger charge is -2.20. The number of aromatic nitrogens is 2. The number of hydrogen-bond donors (Lipinski definition) is 1. The van der Waals surface area contributed by atoms with Crippen molar-refractivity contribution >= 4 is 23.4 Å². The van der Waals surface area contributed by atoms with Crippen LogP contribution in [0.4, 0.5) is 0 Å². The van der Waals surface area contributed by atoms with Crippen LogP contribution < -0.4 is 5.32 Å². The molecule has 0 saturated heterocycles. The van der Waals surface area contributed by atoms with E-state index in [0.29, 0.717) is 6.04 Å². The highest BCUT2D eigenvalue weighted by molar-refractivity contribution is 7.98. The Morgan fingerprint density at radius 1 is 1.56 bits per heavy atom. The molecule has 1 N–H and O–H groups in total. The first-order valence-electron chi connectivity index (χ1n) is 5.57. The zero-order valence-electron chi connectivity index (χ0n) is 10.3. The molecule has 0 aromatic carbocycles. The number of hydrogen-bond acceptors (Lipinski definition) is 3. The fourth-order valence-corrected chi connectivity index (χ4v) is 2.61. The fraction of sp³-hybridized carbons (Fsp3) is 0.727. The van der Waals surface area contributed by atoms with Gasteiger partial charge >= 0.3 is 0 Å². The molecule has 1 rings (SSSR count). The van der Waals surface area contributed by atoms with Gasteiger partial charge in [-0.3, -0.25) is 4.68 Å². The maximum absolute atomic E-state index is 6.22. The largest absolute Gasteiger partial charge is 0.308 e. The van der Waals surface area contributed by atoms with E-state index in [1.54, 1.807) is 6.20 Å². The van der Waals surface area contributed by atoms with Crippen LogP contribution in [0.5, 0.6) is 0 Å². The Hall–Kier alpha value is -0.190. The first kappa shape index (κ1) is 13.9. The predicted molar refractivity (Wildman–Crippen MR) is 72.4 cm³/mol. The minimum absolute atomic E-state index is 0.275. The van der Waals surface area contributed by atoms with E-state index in [9.17, 15) is 0 Å². The first-order valence-corrected chi connectivity index (χ1v) is 7.34. The quantitative estimate of drug-likeness (QED) is 0.853. The second kappa shape index (κ2) is 6.52. The Balaban J connectivity index is 3.01. The second-order valence-electron chi connectivity index (χ2n) is 3.98. The normalized spacial score (nSPS) is 13.4. The van der Waals surface area contributed by atoms with E-state index in [1.165, 1.54) is 0 Å². The standard InChI is InChI=1S/C11H20ClN3S/c1-5-13-10(7-16-4)11-9(12)6-14-15(11)8(2)3/h6,8,10,13H,5,7H2,1-4H3. The molecule has 0 fully saturated rings. The van der Waals surface area contributed by atoms with E-state index in [0.717, 1.165) is 23.0 Å². The van der Waals surface area contributed by atoms with Gasteiger partial charge in [-0.1, -0.05) is 18.5 Å². The molecule has 0 radical (unpaired) electrons. The molecule has 1 heterocycles. The van der Waals surface area contributed by atoms with Gasteiger partial charge in [-0.05, 0) is 26.6 Å². The Morgan fingerprint density at radius 3 is 2.75 bits per heavy atom. The van der Waals surface area contributed by atoms with Crippen molar-refractivity contribution in [3.8, 4) is 0 Å². The van der Waals surface area contributed by atoms with E-state index < -0.39 is 0 Å². The summed E-state index contributed by atoms with van der Waals surface area (Å²) in [5, 5.41) is 8.55. The van der Waals surface area contributed by atoms with Crippen LogP contribution in [0.1, 0.15) is 38.5 Å². The summed E-state index contributed by atoms with van der Waals surface area (Å²) in [5.74, 6) is 1.01. The predicted octanol–water partition coefficient (Wildman–Crippen LogP) is 3.13. The van der Waals surface area contributed by atoms with Gasteiger partial charge in [0, 0.05) is 11.8 Å². The average molecular weight is 262 g/mol. The van der Waals surface area contributed by atoms with Crippen molar-refractivity contribution in [2.45, 2.75) is 32.9 Å². The number of halogens is 1. The third-order valence-corrected chi connectivity index (χ3v) is 3.35. The summed E-state index contributed by atoms with van der Waals surface area (Å²) in [6.07, 6.45) is 3.84. The molecule has 1 atom stereocenters. The molecule has 5 heteroatoms. The van der Waals surface area contributed by atoms with Crippen molar-refractivity contribution in [2.75, 3.05) is 18.6 Å². The summed E-state index contributed by atoms with van der Waals surface area (Å²) in [6, 6.07) is 0.614. The van der Waals surface area contributed by atoms with Crippen molar-refractivity contribution in [3.05, 3.63) is 16.9 Å². The molecular formula is C11H20ClN3S. The van der Waals surface area contributed by atoms with Crippen LogP contribution in [0.2, 0.25) is 5.02 Å². The summed E-state index contributed by atoms with van der Waals surface area (Å²) in [7, 11) is 0. The zero-order chi connectivity index (χ0) is 12.1. The number of rotatable bonds is 6. The van der Waals surface area contributed by atoms with Gasteiger partial charge in [0.2, 0.25) is 0 Å².